The van der Waals surface area contributed by atoms with E-state index in [-0.39, 0.29) is 0 Å². The number of ether oxygens (including phenoxy) is 1. The summed E-state index contributed by atoms with van der Waals surface area (Å²) in [7, 11) is 0. The van der Waals surface area contributed by atoms with E-state index in [9.17, 15) is 4.79 Å². The van der Waals surface area contributed by atoms with Crippen LogP contribution in [-0.4, -0.2) is 21.2 Å². The molecule has 0 N–H and O–H groups in total. The van der Waals surface area contributed by atoms with E-state index >= 15 is 0 Å². The van der Waals surface area contributed by atoms with Crippen LogP contribution in [0.4, 0.5) is 4.79 Å². The lowest BCUT2D eigenvalue weighted by Crippen LogP contribution is -2.26. The van der Waals surface area contributed by atoms with Crippen LogP contribution in [0, 0.1) is 11.3 Å². The molecule has 0 spiro atoms. The van der Waals surface area contributed by atoms with Gasteiger partial charge < -0.3 is 4.74 Å². The Bertz CT molecular complexity index is 692. The van der Waals surface area contributed by atoms with Gasteiger partial charge in [0.05, 0.1) is 5.56 Å². The number of hydrogen-bond donors (Lipinski definition) is 0. The zero-order valence-electron chi connectivity index (χ0n) is 10.8. The highest BCUT2D eigenvalue weighted by Crippen LogP contribution is 2.23. The van der Waals surface area contributed by atoms with E-state index < -0.39 is 11.7 Å². The molecule has 0 atom stereocenters. The summed E-state index contributed by atoms with van der Waals surface area (Å²) >= 11 is 3.29. The van der Waals surface area contributed by atoms with Crippen LogP contribution in [-0.2, 0) is 4.74 Å². The normalized spacial score (nSPS) is 11.3. The average molecular weight is 322 g/mol. The number of aromatic nitrogens is 2. The Morgan fingerprint density at radius 3 is 2.79 bits per heavy atom. The largest absolute Gasteiger partial charge is 0.443 e. The van der Waals surface area contributed by atoms with Gasteiger partial charge in [-0.15, -0.1) is 0 Å². The van der Waals surface area contributed by atoms with Gasteiger partial charge in [0.1, 0.15) is 11.7 Å². The summed E-state index contributed by atoms with van der Waals surface area (Å²) in [4.78, 5) is 16.2. The molecule has 0 radical (unpaired) electrons. The molecular weight excluding hydrogens is 310 g/mol. The standard InChI is InChI=1S/C13H12BrN3O2/c1-13(2,3)19-12(18)17-7-8(5-15)10-4-9(14)6-16-11(10)17/h4,6-7H,1-3H3. The van der Waals surface area contributed by atoms with Crippen molar-refractivity contribution in [1.29, 1.82) is 5.26 Å². The van der Waals surface area contributed by atoms with Gasteiger partial charge in [0.2, 0.25) is 0 Å². The minimum absolute atomic E-state index is 0.384. The summed E-state index contributed by atoms with van der Waals surface area (Å²) in [6.07, 6.45) is 2.47. The smallest absolute Gasteiger partial charge is 0.420 e. The molecule has 2 aromatic heterocycles. The molecule has 0 saturated carbocycles. The lowest BCUT2D eigenvalue weighted by Gasteiger charge is -2.19. The highest BCUT2D eigenvalue weighted by Gasteiger charge is 2.21. The first-order chi connectivity index (χ1) is 8.81. The third-order valence-corrected chi connectivity index (χ3v) is 2.75. The number of nitrogens with zero attached hydrogens (tertiary/aromatic N) is 3. The summed E-state index contributed by atoms with van der Waals surface area (Å²) in [6.45, 7) is 5.35. The van der Waals surface area contributed by atoms with Crippen molar-refractivity contribution < 1.29 is 9.53 Å². The molecule has 0 aliphatic heterocycles. The van der Waals surface area contributed by atoms with Crippen molar-refractivity contribution in [3.05, 3.63) is 28.5 Å². The van der Waals surface area contributed by atoms with Gasteiger partial charge in [-0.05, 0) is 42.8 Å². The van der Waals surface area contributed by atoms with Crippen LogP contribution >= 0.6 is 15.9 Å². The zero-order valence-corrected chi connectivity index (χ0v) is 12.4. The fourth-order valence-corrected chi connectivity index (χ4v) is 1.95. The number of carbonyl (C=O) groups is 1. The lowest BCUT2D eigenvalue weighted by atomic mass is 10.2. The van der Waals surface area contributed by atoms with Gasteiger partial charge in [-0.25, -0.2) is 14.3 Å². The number of rotatable bonds is 0. The Balaban J connectivity index is 2.56. The topological polar surface area (TPSA) is 67.9 Å². The van der Waals surface area contributed by atoms with E-state index in [1.165, 1.54) is 10.8 Å². The molecule has 5 nitrogen and oxygen atoms in total. The van der Waals surface area contributed by atoms with Crippen molar-refractivity contribution in [3.8, 4) is 6.07 Å². The van der Waals surface area contributed by atoms with Crippen LogP contribution in [0.2, 0.25) is 0 Å². The number of halogens is 1. The molecule has 2 rings (SSSR count). The van der Waals surface area contributed by atoms with Gasteiger partial charge in [0.15, 0.2) is 5.65 Å². The number of carbonyl (C=O) groups excluding carboxylic acids is 1. The Kier molecular flexibility index (Phi) is 3.33. The van der Waals surface area contributed by atoms with Crippen molar-refractivity contribution in [2.45, 2.75) is 26.4 Å². The second-order valence-electron chi connectivity index (χ2n) is 5.03. The molecule has 0 saturated heterocycles. The molecular formula is C13H12BrN3O2. The van der Waals surface area contributed by atoms with E-state index in [4.69, 9.17) is 10.00 Å². The van der Waals surface area contributed by atoms with Gasteiger partial charge in [-0.2, -0.15) is 5.26 Å². The second-order valence-corrected chi connectivity index (χ2v) is 5.95. The van der Waals surface area contributed by atoms with Gasteiger partial charge in [0, 0.05) is 22.3 Å². The Hall–Kier alpha value is -1.87. The molecule has 6 heteroatoms. The third kappa shape index (κ3) is 2.76. The molecule has 2 heterocycles. The van der Waals surface area contributed by atoms with Gasteiger partial charge in [-0.3, -0.25) is 0 Å². The van der Waals surface area contributed by atoms with Crippen LogP contribution in [0.25, 0.3) is 11.0 Å². The maximum Gasteiger partial charge on any atom is 0.420 e. The summed E-state index contributed by atoms with van der Waals surface area (Å²) in [5, 5.41) is 9.71. The van der Waals surface area contributed by atoms with E-state index in [1.54, 1.807) is 33.0 Å². The van der Waals surface area contributed by atoms with Crippen molar-refractivity contribution in [2.75, 3.05) is 0 Å². The molecule has 0 aliphatic carbocycles. The SMILES string of the molecule is CC(C)(C)OC(=O)n1cc(C#N)c2cc(Br)cnc21. The zero-order chi connectivity index (χ0) is 14.2. The number of fused-ring (bicyclic) bond motifs is 1. The molecule has 2 aromatic rings. The van der Waals surface area contributed by atoms with Crippen molar-refractivity contribution in [2.24, 2.45) is 0 Å². The van der Waals surface area contributed by atoms with E-state index in [0.29, 0.717) is 16.6 Å². The molecule has 98 valence electrons. The predicted molar refractivity (Wildman–Crippen MR) is 73.8 cm³/mol. The van der Waals surface area contributed by atoms with Crippen LogP contribution in [0.3, 0.4) is 0 Å². The molecule has 0 fully saturated rings. The van der Waals surface area contributed by atoms with Crippen molar-refractivity contribution in [3.63, 3.8) is 0 Å². The van der Waals surface area contributed by atoms with Crippen molar-refractivity contribution >= 4 is 33.1 Å². The Labute approximate surface area is 118 Å². The predicted octanol–water partition coefficient (Wildman–Crippen LogP) is 3.45. The minimum atomic E-state index is -0.601. The molecule has 0 bridgehead atoms. The fraction of sp³-hybridized carbons (Fsp3) is 0.308. The van der Waals surface area contributed by atoms with E-state index in [2.05, 4.69) is 20.9 Å². The van der Waals surface area contributed by atoms with E-state index in [0.717, 1.165) is 4.47 Å². The number of nitriles is 1. The molecule has 19 heavy (non-hydrogen) atoms. The van der Waals surface area contributed by atoms with Crippen molar-refractivity contribution in [1.82, 2.24) is 9.55 Å². The molecule has 0 aromatic carbocycles. The molecule has 0 aliphatic rings. The van der Waals surface area contributed by atoms with Crippen LogP contribution in [0.15, 0.2) is 22.9 Å². The molecule has 0 amide bonds. The minimum Gasteiger partial charge on any atom is -0.443 e. The van der Waals surface area contributed by atoms with Crippen LogP contribution in [0.1, 0.15) is 26.3 Å². The monoisotopic (exact) mass is 321 g/mol. The first-order valence-corrected chi connectivity index (χ1v) is 6.41. The first kappa shape index (κ1) is 13.6. The van der Waals surface area contributed by atoms with Gasteiger partial charge in [0.25, 0.3) is 0 Å². The summed E-state index contributed by atoms with van der Waals surface area (Å²) < 4.78 is 7.29. The quantitative estimate of drug-likeness (QED) is 0.745. The summed E-state index contributed by atoms with van der Waals surface area (Å²) in [5.41, 5.74) is 0.194. The first-order valence-electron chi connectivity index (χ1n) is 5.62. The van der Waals surface area contributed by atoms with Gasteiger partial charge in [-0.1, -0.05) is 0 Å². The molecule has 0 unspecified atom stereocenters. The van der Waals surface area contributed by atoms with Gasteiger partial charge >= 0.3 is 6.09 Å². The Morgan fingerprint density at radius 2 is 2.21 bits per heavy atom. The van der Waals surface area contributed by atoms with Crippen LogP contribution in [0.5, 0.6) is 0 Å². The van der Waals surface area contributed by atoms with E-state index in [1.807, 2.05) is 6.07 Å². The third-order valence-electron chi connectivity index (χ3n) is 2.32. The second kappa shape index (κ2) is 4.67. The average Bonchev–Trinajstić information content (AvgIpc) is 2.64. The number of pyridine rings is 1. The highest BCUT2D eigenvalue weighted by atomic mass is 79.9. The maximum absolute atomic E-state index is 12.1. The lowest BCUT2D eigenvalue weighted by molar-refractivity contribution is 0.0543. The fourth-order valence-electron chi connectivity index (χ4n) is 1.62. The van der Waals surface area contributed by atoms with Crippen LogP contribution < -0.4 is 0 Å². The Morgan fingerprint density at radius 1 is 1.53 bits per heavy atom. The summed E-state index contributed by atoms with van der Waals surface area (Å²) in [5.74, 6) is 0. The number of hydrogen-bond acceptors (Lipinski definition) is 4. The summed E-state index contributed by atoms with van der Waals surface area (Å²) in [6, 6.07) is 3.80. The highest BCUT2D eigenvalue weighted by molar-refractivity contribution is 9.10. The maximum atomic E-state index is 12.1.